The average molecular weight is 194 g/mol. The van der Waals surface area contributed by atoms with Gasteiger partial charge in [0.2, 0.25) is 0 Å². The topological polar surface area (TPSA) is 9.23 Å². The Balaban J connectivity index is 3.22. The normalized spacial score (nSPS) is 11.6. The van der Waals surface area contributed by atoms with Gasteiger partial charge >= 0.3 is 0 Å². The van der Waals surface area contributed by atoms with Gasteiger partial charge in [-0.1, -0.05) is 38.2 Å². The second-order valence-electron chi connectivity index (χ2n) is 3.42. The second-order valence-corrected chi connectivity index (χ2v) is 3.42. The Bertz CT molecular complexity index is 185. The molecule has 0 aromatic heterocycles. The molecule has 0 radical (unpaired) electrons. The number of hydrogen-bond acceptors (Lipinski definition) is 1. The van der Waals surface area contributed by atoms with Gasteiger partial charge in [0.05, 0.1) is 6.10 Å². The zero-order valence-electron chi connectivity index (χ0n) is 9.51. The minimum atomic E-state index is 0.115. The highest BCUT2D eigenvalue weighted by Crippen LogP contribution is 2.00. The summed E-state index contributed by atoms with van der Waals surface area (Å²) in [6.07, 6.45) is 8.03. The minimum absolute atomic E-state index is 0.115. The molecule has 0 aliphatic heterocycles. The van der Waals surface area contributed by atoms with Crippen LogP contribution >= 0.6 is 0 Å². The fraction of sp³-hybridized carbons (Fsp3) is 0.692. The lowest BCUT2D eigenvalue weighted by Gasteiger charge is -2.02. The van der Waals surface area contributed by atoms with Crippen molar-refractivity contribution in [1.29, 1.82) is 0 Å². The zero-order valence-corrected chi connectivity index (χ0v) is 9.51. The minimum Gasteiger partial charge on any atom is -0.362 e. The van der Waals surface area contributed by atoms with Crippen molar-refractivity contribution < 1.29 is 4.74 Å². The zero-order chi connectivity index (χ0) is 10.6. The smallest absolute Gasteiger partial charge is 0.108 e. The maximum atomic E-state index is 5.33. The highest BCUT2D eigenvalue weighted by molar-refractivity contribution is 4.99. The molecule has 0 aliphatic carbocycles. The van der Waals surface area contributed by atoms with E-state index in [1.165, 1.54) is 25.7 Å². The van der Waals surface area contributed by atoms with Gasteiger partial charge in [-0.05, 0) is 13.3 Å². The molecule has 1 atom stereocenters. The molecule has 0 saturated heterocycles. The summed E-state index contributed by atoms with van der Waals surface area (Å²) in [5.74, 6) is 6.12. The Morgan fingerprint density at radius 1 is 1.29 bits per heavy atom. The lowest BCUT2D eigenvalue weighted by atomic mass is 10.2. The number of ether oxygens (including phenoxy) is 1. The van der Waals surface area contributed by atoms with Crippen molar-refractivity contribution in [1.82, 2.24) is 0 Å². The van der Waals surface area contributed by atoms with E-state index in [1.807, 2.05) is 6.92 Å². The highest BCUT2D eigenvalue weighted by atomic mass is 16.5. The first-order valence-electron chi connectivity index (χ1n) is 5.51. The first kappa shape index (κ1) is 13.3. The van der Waals surface area contributed by atoms with Gasteiger partial charge < -0.3 is 4.74 Å². The van der Waals surface area contributed by atoms with E-state index < -0.39 is 0 Å². The molecule has 1 nitrogen and oxygen atoms in total. The third-order valence-electron chi connectivity index (χ3n) is 2.03. The monoisotopic (exact) mass is 194 g/mol. The molecule has 0 N–H and O–H groups in total. The van der Waals surface area contributed by atoms with Crippen molar-refractivity contribution in [2.24, 2.45) is 0 Å². The van der Waals surface area contributed by atoms with E-state index in [-0.39, 0.29) is 6.10 Å². The van der Waals surface area contributed by atoms with Crippen LogP contribution in [-0.2, 0) is 4.74 Å². The Morgan fingerprint density at radius 2 is 2.07 bits per heavy atom. The predicted molar refractivity (Wildman–Crippen MR) is 62.1 cm³/mol. The first-order valence-corrected chi connectivity index (χ1v) is 5.51. The van der Waals surface area contributed by atoms with Gasteiger partial charge in [0, 0.05) is 6.42 Å². The predicted octanol–water partition coefficient (Wildman–Crippen LogP) is 3.55. The maximum Gasteiger partial charge on any atom is 0.108 e. The lowest BCUT2D eigenvalue weighted by Crippen LogP contribution is -2.03. The Labute approximate surface area is 88.5 Å². The van der Waals surface area contributed by atoms with E-state index >= 15 is 0 Å². The van der Waals surface area contributed by atoms with Crippen molar-refractivity contribution in [2.45, 2.75) is 52.1 Å². The molecule has 0 aromatic carbocycles. The average Bonchev–Trinajstić information content (AvgIpc) is 2.21. The van der Waals surface area contributed by atoms with E-state index in [4.69, 9.17) is 4.74 Å². The van der Waals surface area contributed by atoms with E-state index in [2.05, 4.69) is 25.3 Å². The van der Waals surface area contributed by atoms with Gasteiger partial charge in [0.15, 0.2) is 0 Å². The summed E-state index contributed by atoms with van der Waals surface area (Å²) < 4.78 is 5.33. The second kappa shape index (κ2) is 10.3. The summed E-state index contributed by atoms with van der Waals surface area (Å²) >= 11 is 0. The quantitative estimate of drug-likeness (QED) is 0.342. The molecule has 0 aromatic rings. The molecule has 0 spiro atoms. The highest BCUT2D eigenvalue weighted by Gasteiger charge is 1.90. The van der Waals surface area contributed by atoms with Gasteiger partial charge in [0.1, 0.15) is 6.61 Å². The van der Waals surface area contributed by atoms with Crippen molar-refractivity contribution >= 4 is 0 Å². The van der Waals surface area contributed by atoms with Crippen LogP contribution in [0.2, 0.25) is 0 Å². The van der Waals surface area contributed by atoms with Gasteiger partial charge in [-0.25, -0.2) is 0 Å². The molecule has 1 unspecified atom stereocenters. The third kappa shape index (κ3) is 9.35. The Morgan fingerprint density at radius 3 is 2.71 bits per heavy atom. The summed E-state index contributed by atoms with van der Waals surface area (Å²) in [6.45, 7) is 8.35. The van der Waals surface area contributed by atoms with Crippen LogP contribution in [-0.4, -0.2) is 12.7 Å². The molecule has 1 heteroatoms. The van der Waals surface area contributed by atoms with E-state index in [1.54, 1.807) is 6.08 Å². The summed E-state index contributed by atoms with van der Waals surface area (Å²) in [6, 6.07) is 0. The summed E-state index contributed by atoms with van der Waals surface area (Å²) in [5.41, 5.74) is 0. The number of unbranched alkanes of at least 4 members (excludes halogenated alkanes) is 4. The fourth-order valence-corrected chi connectivity index (χ4v) is 1.02. The van der Waals surface area contributed by atoms with Crippen molar-refractivity contribution in [3.05, 3.63) is 12.7 Å². The number of rotatable bonds is 7. The van der Waals surface area contributed by atoms with Gasteiger partial charge in [-0.3, -0.25) is 0 Å². The van der Waals surface area contributed by atoms with Crippen LogP contribution in [0.4, 0.5) is 0 Å². The van der Waals surface area contributed by atoms with Crippen molar-refractivity contribution in [3.63, 3.8) is 0 Å². The molecule has 0 amide bonds. The van der Waals surface area contributed by atoms with E-state index in [0.29, 0.717) is 6.61 Å². The third-order valence-corrected chi connectivity index (χ3v) is 2.03. The van der Waals surface area contributed by atoms with Crippen molar-refractivity contribution in [2.75, 3.05) is 6.61 Å². The van der Waals surface area contributed by atoms with Crippen LogP contribution in [0.15, 0.2) is 12.7 Å². The summed E-state index contributed by atoms with van der Waals surface area (Å²) in [7, 11) is 0. The molecular formula is C13H22O. The molecule has 0 aliphatic rings. The van der Waals surface area contributed by atoms with Crippen molar-refractivity contribution in [3.8, 4) is 11.8 Å². The van der Waals surface area contributed by atoms with E-state index in [9.17, 15) is 0 Å². The van der Waals surface area contributed by atoms with Crippen LogP contribution in [0.5, 0.6) is 0 Å². The SMILES string of the molecule is C=CC(C)OCC#CCCCCCC. The summed E-state index contributed by atoms with van der Waals surface area (Å²) in [5, 5.41) is 0. The van der Waals surface area contributed by atoms with Crippen LogP contribution < -0.4 is 0 Å². The maximum absolute atomic E-state index is 5.33. The molecule has 80 valence electrons. The molecule has 0 bridgehead atoms. The molecule has 0 heterocycles. The number of hydrogen-bond donors (Lipinski definition) is 0. The molecule has 0 rings (SSSR count). The molecule has 0 saturated carbocycles. The molecule has 14 heavy (non-hydrogen) atoms. The summed E-state index contributed by atoms with van der Waals surface area (Å²) in [4.78, 5) is 0. The van der Waals surface area contributed by atoms with Gasteiger partial charge in [0.25, 0.3) is 0 Å². The van der Waals surface area contributed by atoms with Crippen LogP contribution in [0, 0.1) is 11.8 Å². The van der Waals surface area contributed by atoms with E-state index in [0.717, 1.165) is 6.42 Å². The molecule has 0 fully saturated rings. The Hall–Kier alpha value is -0.740. The standard InChI is InChI=1S/C13H22O/c1-4-6-7-8-9-10-11-12-14-13(3)5-2/h5,13H,2,4,6-9,12H2,1,3H3. The largest absolute Gasteiger partial charge is 0.362 e. The Kier molecular flexibility index (Phi) is 9.79. The molecular weight excluding hydrogens is 172 g/mol. The van der Waals surface area contributed by atoms with Crippen LogP contribution in [0.1, 0.15) is 46.0 Å². The van der Waals surface area contributed by atoms with Crippen LogP contribution in [0.3, 0.4) is 0 Å². The van der Waals surface area contributed by atoms with Crippen LogP contribution in [0.25, 0.3) is 0 Å². The fourth-order valence-electron chi connectivity index (χ4n) is 1.02. The first-order chi connectivity index (χ1) is 6.81. The van der Waals surface area contributed by atoms with Gasteiger partial charge in [-0.2, -0.15) is 0 Å². The van der Waals surface area contributed by atoms with Gasteiger partial charge in [-0.15, -0.1) is 12.5 Å². The lowest BCUT2D eigenvalue weighted by molar-refractivity contribution is 0.127.